The van der Waals surface area contributed by atoms with Crippen LogP contribution >= 0.6 is 7.60 Å². The maximum absolute atomic E-state index is 9.57. The summed E-state index contributed by atoms with van der Waals surface area (Å²) in [5, 5.41) is 17.3. The van der Waals surface area contributed by atoms with Gasteiger partial charge in [-0.2, -0.15) is 0 Å². The Morgan fingerprint density at radius 1 is 1.25 bits per heavy atom. The first kappa shape index (κ1) is 24.0. The van der Waals surface area contributed by atoms with Crippen molar-refractivity contribution in [2.75, 3.05) is 0 Å². The third-order valence-corrected chi connectivity index (χ3v) is 1.32. The van der Waals surface area contributed by atoms with Gasteiger partial charge in [0.1, 0.15) is 5.85 Å². The van der Waals surface area contributed by atoms with Crippen molar-refractivity contribution in [3.8, 4) is 0 Å². The van der Waals surface area contributed by atoms with Gasteiger partial charge in [0, 0.05) is 0 Å². The van der Waals surface area contributed by atoms with Crippen molar-refractivity contribution in [2.45, 2.75) is 5.85 Å². The molecule has 1 unspecified atom stereocenters. The maximum Gasteiger partial charge on any atom is 1.00 e. The molecule has 0 aliphatic carbocycles. The third kappa shape index (κ3) is 10.7. The number of hydrogen-bond acceptors (Lipinski definition) is 6. The van der Waals surface area contributed by atoms with Crippen LogP contribution in [0, 0.1) is 0 Å². The van der Waals surface area contributed by atoms with Gasteiger partial charge in [-0.3, -0.25) is 0 Å². The molecular formula is C2H2Na3O6P. The minimum absolute atomic E-state index is 0. The molecule has 0 aliphatic rings. The number of aliphatic carboxylic acids is 1. The van der Waals surface area contributed by atoms with Crippen molar-refractivity contribution in [3.05, 3.63) is 0 Å². The zero-order valence-electron chi connectivity index (χ0n) is 7.01. The second kappa shape index (κ2) is 10.1. The molecule has 0 amide bonds. The van der Waals surface area contributed by atoms with Gasteiger partial charge in [-0.05, 0) is 7.60 Å². The molecule has 54 valence electrons. The first-order valence-electron chi connectivity index (χ1n) is 1.76. The molecule has 1 N–H and O–H groups in total. The molecule has 0 rings (SSSR count). The van der Waals surface area contributed by atoms with Crippen LogP contribution in [0.25, 0.3) is 0 Å². The molecule has 0 saturated heterocycles. The topological polar surface area (TPSA) is 124 Å². The molecule has 0 radical (unpaired) electrons. The van der Waals surface area contributed by atoms with Gasteiger partial charge in [-0.1, -0.05) is 0 Å². The summed E-state index contributed by atoms with van der Waals surface area (Å²) in [6, 6.07) is 0. The SMILES string of the molecule is O=C([O-])C(O)P(=O)([O-])[O-].[Na+].[Na+].[Na+]. The molecule has 12 heavy (non-hydrogen) atoms. The number of aliphatic hydroxyl groups is 1. The van der Waals surface area contributed by atoms with Crippen LogP contribution in [-0.4, -0.2) is 16.9 Å². The van der Waals surface area contributed by atoms with E-state index in [-0.39, 0.29) is 88.7 Å². The standard InChI is InChI=1S/C2H5O6P.3Na/c3-1(4)2(5)9(6,7)8;;;/h2,5H,(H,3,4)(H2,6,7,8);;;/q;3*+1/p-3. The van der Waals surface area contributed by atoms with Crippen molar-refractivity contribution < 1.29 is 118 Å². The first-order valence-corrected chi connectivity index (χ1v) is 3.37. The van der Waals surface area contributed by atoms with E-state index in [1.807, 2.05) is 0 Å². The molecule has 0 spiro atoms. The Bertz CT molecular complexity index is 166. The number of carboxylic acid groups (broad SMARTS) is 1. The van der Waals surface area contributed by atoms with E-state index in [0.717, 1.165) is 0 Å². The van der Waals surface area contributed by atoms with Crippen LogP contribution < -0.4 is 104 Å². The number of carbonyl (C=O) groups is 1. The Labute approximate surface area is 135 Å². The van der Waals surface area contributed by atoms with Crippen LogP contribution in [-0.2, 0) is 9.36 Å². The average molecular weight is 222 g/mol. The van der Waals surface area contributed by atoms with Crippen LogP contribution in [0.15, 0.2) is 0 Å². The van der Waals surface area contributed by atoms with Crippen LogP contribution in [0.4, 0.5) is 0 Å². The van der Waals surface area contributed by atoms with Gasteiger partial charge in [0.2, 0.25) is 0 Å². The molecule has 0 fully saturated rings. The van der Waals surface area contributed by atoms with E-state index in [4.69, 9.17) is 5.11 Å². The number of hydrogen-bond donors (Lipinski definition) is 1. The van der Waals surface area contributed by atoms with E-state index < -0.39 is 19.4 Å². The summed E-state index contributed by atoms with van der Waals surface area (Å²) < 4.78 is 9.57. The molecule has 0 saturated carbocycles. The maximum atomic E-state index is 9.57. The van der Waals surface area contributed by atoms with Gasteiger partial charge < -0.3 is 29.4 Å². The van der Waals surface area contributed by atoms with Gasteiger partial charge in [-0.15, -0.1) is 0 Å². The number of carboxylic acids is 1. The van der Waals surface area contributed by atoms with Crippen LogP contribution in [0.1, 0.15) is 0 Å². The molecule has 0 bridgehead atoms. The predicted molar refractivity (Wildman–Crippen MR) is 18.6 cm³/mol. The Morgan fingerprint density at radius 3 is 1.50 bits per heavy atom. The quantitative estimate of drug-likeness (QED) is 0.365. The molecule has 10 heteroatoms. The average Bonchev–Trinajstić information content (AvgIpc) is 1.62. The van der Waals surface area contributed by atoms with Gasteiger partial charge in [-0.25, -0.2) is 0 Å². The molecule has 0 aromatic rings. The Kier molecular flexibility index (Phi) is 20.2. The molecule has 1 atom stereocenters. The van der Waals surface area contributed by atoms with E-state index in [1.165, 1.54) is 0 Å². The summed E-state index contributed by atoms with van der Waals surface area (Å²) in [4.78, 5) is 28.6. The fraction of sp³-hybridized carbons (Fsp3) is 0.500. The minimum atomic E-state index is -5.42. The summed E-state index contributed by atoms with van der Waals surface area (Å²) in [5.74, 6) is -5.24. The van der Waals surface area contributed by atoms with Crippen molar-refractivity contribution in [1.29, 1.82) is 0 Å². The molecule has 6 nitrogen and oxygen atoms in total. The summed E-state index contributed by atoms with van der Waals surface area (Å²) in [7, 11) is -5.42. The van der Waals surface area contributed by atoms with Gasteiger partial charge >= 0.3 is 88.7 Å². The van der Waals surface area contributed by atoms with E-state index in [1.54, 1.807) is 0 Å². The predicted octanol–water partition coefficient (Wildman–Crippen LogP) is -13.0. The minimum Gasteiger partial charge on any atom is -0.809 e. The molecule has 0 heterocycles. The monoisotopic (exact) mass is 222 g/mol. The van der Waals surface area contributed by atoms with Crippen molar-refractivity contribution >= 4 is 13.6 Å². The number of rotatable bonds is 2. The molecule has 0 aliphatic heterocycles. The van der Waals surface area contributed by atoms with E-state index in [0.29, 0.717) is 0 Å². The molecule has 0 aromatic heterocycles. The van der Waals surface area contributed by atoms with Crippen LogP contribution in [0.2, 0.25) is 0 Å². The summed E-state index contributed by atoms with van der Waals surface area (Å²) in [5.41, 5.74) is 0. The third-order valence-electron chi connectivity index (χ3n) is 0.510. The summed E-state index contributed by atoms with van der Waals surface area (Å²) >= 11 is 0. The van der Waals surface area contributed by atoms with Gasteiger partial charge in [0.25, 0.3) is 0 Å². The van der Waals surface area contributed by atoms with Crippen molar-refractivity contribution in [2.24, 2.45) is 0 Å². The van der Waals surface area contributed by atoms with Crippen molar-refractivity contribution in [3.63, 3.8) is 0 Å². The Balaban J connectivity index is -0.000000107. The van der Waals surface area contributed by atoms with E-state index in [9.17, 15) is 24.3 Å². The smallest absolute Gasteiger partial charge is 0.809 e. The molecule has 0 aromatic carbocycles. The summed E-state index contributed by atoms with van der Waals surface area (Å²) in [6.07, 6.45) is 0. The number of carbonyl (C=O) groups excluding carboxylic acids is 1. The number of aliphatic hydroxyl groups excluding tert-OH is 1. The first-order chi connectivity index (χ1) is 3.85. The summed E-state index contributed by atoms with van der Waals surface area (Å²) in [6.45, 7) is 0. The Hall–Kier alpha value is 2.58. The van der Waals surface area contributed by atoms with E-state index in [2.05, 4.69) is 0 Å². The fourth-order valence-electron chi connectivity index (χ4n) is 0.129. The Morgan fingerprint density at radius 2 is 1.50 bits per heavy atom. The second-order valence-electron chi connectivity index (χ2n) is 1.23. The largest absolute Gasteiger partial charge is 1.00 e. The zero-order valence-corrected chi connectivity index (χ0v) is 13.9. The molecular weight excluding hydrogens is 220 g/mol. The van der Waals surface area contributed by atoms with Gasteiger partial charge in [0.15, 0.2) is 0 Å². The fourth-order valence-corrected chi connectivity index (χ4v) is 0.387. The van der Waals surface area contributed by atoms with Crippen LogP contribution in [0.3, 0.4) is 0 Å². The van der Waals surface area contributed by atoms with Gasteiger partial charge in [0.05, 0.1) is 5.97 Å². The second-order valence-corrected chi connectivity index (χ2v) is 2.80. The van der Waals surface area contributed by atoms with Crippen LogP contribution in [0.5, 0.6) is 0 Å². The normalized spacial score (nSPS) is 11.2. The van der Waals surface area contributed by atoms with Crippen molar-refractivity contribution in [1.82, 2.24) is 0 Å². The zero-order chi connectivity index (χ0) is 7.65. The van der Waals surface area contributed by atoms with E-state index >= 15 is 0 Å².